The van der Waals surface area contributed by atoms with Gasteiger partial charge in [0.2, 0.25) is 0 Å². The summed E-state index contributed by atoms with van der Waals surface area (Å²) in [6, 6.07) is 16.5. The molecular weight excluding hydrogens is 374 g/mol. The van der Waals surface area contributed by atoms with Gasteiger partial charge in [0.15, 0.2) is 11.6 Å². The number of hydrogen-bond acceptors (Lipinski definition) is 4. The summed E-state index contributed by atoms with van der Waals surface area (Å²) in [5, 5.41) is 2.70. The fraction of sp³-hybridized carbons (Fsp3) is 0.182. The molecule has 0 aliphatic carbocycles. The molecule has 1 amide bonds. The summed E-state index contributed by atoms with van der Waals surface area (Å²) in [6.45, 7) is 3.51. The number of amides is 1. The molecule has 0 atom stereocenters. The molecule has 3 aromatic rings. The Morgan fingerprint density at radius 2 is 1.59 bits per heavy atom. The monoisotopic (exact) mass is 394 g/mol. The number of nitrogens with zero attached hydrogens (tertiary/aromatic N) is 3. The van der Waals surface area contributed by atoms with Gasteiger partial charge in [-0.05, 0) is 54.6 Å². The molecule has 29 heavy (non-hydrogen) atoms. The summed E-state index contributed by atoms with van der Waals surface area (Å²) in [6.07, 6.45) is 1.80. The summed E-state index contributed by atoms with van der Waals surface area (Å²) in [4.78, 5) is 21.1. The summed E-state index contributed by atoms with van der Waals surface area (Å²) >= 11 is 0. The number of anilines is 3. The van der Waals surface area contributed by atoms with Crippen LogP contribution in [0.3, 0.4) is 0 Å². The third kappa shape index (κ3) is 4.34. The molecule has 1 saturated heterocycles. The standard InChI is InChI=1S/C22H20F2N4O/c23-19-9-4-16(15-20(19)24)22(29)26-17-5-7-18(8-6-17)27-11-13-28(14-12-27)21-3-1-2-10-25-21/h1-10,15H,11-14H2,(H,26,29). The first kappa shape index (κ1) is 18.9. The Morgan fingerprint density at radius 3 is 2.24 bits per heavy atom. The number of halogens is 2. The number of aromatic nitrogens is 1. The van der Waals surface area contributed by atoms with Gasteiger partial charge in [0.25, 0.3) is 5.91 Å². The molecule has 0 unspecified atom stereocenters. The zero-order chi connectivity index (χ0) is 20.2. The molecule has 0 saturated carbocycles. The highest BCUT2D eigenvalue weighted by Crippen LogP contribution is 2.22. The second-order valence-corrected chi connectivity index (χ2v) is 6.79. The minimum Gasteiger partial charge on any atom is -0.368 e. The molecule has 1 fully saturated rings. The Kier molecular flexibility index (Phi) is 5.37. The molecule has 2 aromatic carbocycles. The zero-order valence-corrected chi connectivity index (χ0v) is 15.7. The molecular formula is C22H20F2N4O. The average Bonchev–Trinajstić information content (AvgIpc) is 2.77. The van der Waals surface area contributed by atoms with Crippen molar-refractivity contribution in [2.75, 3.05) is 41.3 Å². The van der Waals surface area contributed by atoms with Gasteiger partial charge in [0.1, 0.15) is 5.82 Å². The summed E-state index contributed by atoms with van der Waals surface area (Å²) in [7, 11) is 0. The second-order valence-electron chi connectivity index (χ2n) is 6.79. The van der Waals surface area contributed by atoms with Crippen LogP contribution in [0.15, 0.2) is 66.9 Å². The topological polar surface area (TPSA) is 48.5 Å². The van der Waals surface area contributed by atoms with Crippen LogP contribution in [0.5, 0.6) is 0 Å². The van der Waals surface area contributed by atoms with E-state index in [-0.39, 0.29) is 5.56 Å². The number of hydrogen-bond donors (Lipinski definition) is 1. The Morgan fingerprint density at radius 1 is 0.862 bits per heavy atom. The van der Waals surface area contributed by atoms with E-state index in [1.165, 1.54) is 6.07 Å². The van der Waals surface area contributed by atoms with E-state index in [4.69, 9.17) is 0 Å². The summed E-state index contributed by atoms with van der Waals surface area (Å²) in [5.41, 5.74) is 1.73. The second kappa shape index (κ2) is 8.26. The molecule has 1 aromatic heterocycles. The number of rotatable bonds is 4. The van der Waals surface area contributed by atoms with Gasteiger partial charge in [-0.1, -0.05) is 6.07 Å². The molecule has 2 heterocycles. The van der Waals surface area contributed by atoms with Crippen LogP contribution in [0.1, 0.15) is 10.4 Å². The highest BCUT2D eigenvalue weighted by atomic mass is 19.2. The predicted octanol–water partition coefficient (Wildman–Crippen LogP) is 3.94. The van der Waals surface area contributed by atoms with E-state index >= 15 is 0 Å². The van der Waals surface area contributed by atoms with Crippen LogP contribution in [-0.4, -0.2) is 37.1 Å². The first-order valence-corrected chi connectivity index (χ1v) is 9.37. The molecule has 7 heteroatoms. The molecule has 4 rings (SSSR count). The van der Waals surface area contributed by atoms with Gasteiger partial charge in [-0.2, -0.15) is 0 Å². The Hall–Kier alpha value is -3.48. The van der Waals surface area contributed by atoms with E-state index < -0.39 is 17.5 Å². The SMILES string of the molecule is O=C(Nc1ccc(N2CCN(c3ccccn3)CC2)cc1)c1ccc(F)c(F)c1. The van der Waals surface area contributed by atoms with E-state index in [1.54, 1.807) is 18.3 Å². The van der Waals surface area contributed by atoms with E-state index in [9.17, 15) is 13.6 Å². The molecule has 0 spiro atoms. The van der Waals surface area contributed by atoms with Crippen molar-refractivity contribution >= 4 is 23.1 Å². The Balaban J connectivity index is 1.36. The molecule has 5 nitrogen and oxygen atoms in total. The normalized spacial score (nSPS) is 14.0. The van der Waals surface area contributed by atoms with Gasteiger partial charge in [-0.15, -0.1) is 0 Å². The van der Waals surface area contributed by atoms with Crippen molar-refractivity contribution in [1.82, 2.24) is 4.98 Å². The predicted molar refractivity (Wildman–Crippen MR) is 109 cm³/mol. The van der Waals surface area contributed by atoms with Crippen molar-refractivity contribution in [3.05, 3.63) is 84.1 Å². The Bertz CT molecular complexity index is 987. The third-order valence-corrected chi connectivity index (χ3v) is 4.93. The maximum atomic E-state index is 13.3. The summed E-state index contributed by atoms with van der Waals surface area (Å²) in [5.74, 6) is -1.52. The number of benzene rings is 2. The van der Waals surface area contributed by atoms with Crippen LogP contribution in [0, 0.1) is 11.6 Å². The van der Waals surface area contributed by atoms with E-state index in [0.29, 0.717) is 5.69 Å². The Labute approximate surface area is 167 Å². The molecule has 1 N–H and O–H groups in total. The highest BCUT2D eigenvalue weighted by molar-refractivity contribution is 6.04. The van der Waals surface area contributed by atoms with Crippen molar-refractivity contribution in [2.24, 2.45) is 0 Å². The lowest BCUT2D eigenvalue weighted by atomic mass is 10.2. The minimum absolute atomic E-state index is 0.0682. The van der Waals surface area contributed by atoms with Gasteiger partial charge in [0.05, 0.1) is 0 Å². The van der Waals surface area contributed by atoms with Crippen LogP contribution >= 0.6 is 0 Å². The van der Waals surface area contributed by atoms with E-state index in [2.05, 4.69) is 20.1 Å². The molecule has 148 valence electrons. The zero-order valence-electron chi connectivity index (χ0n) is 15.7. The third-order valence-electron chi connectivity index (χ3n) is 4.93. The van der Waals surface area contributed by atoms with Crippen molar-refractivity contribution in [2.45, 2.75) is 0 Å². The number of piperazine rings is 1. The van der Waals surface area contributed by atoms with Crippen LogP contribution in [0.25, 0.3) is 0 Å². The minimum atomic E-state index is -1.04. The first-order chi connectivity index (χ1) is 14.1. The first-order valence-electron chi connectivity index (χ1n) is 9.37. The molecule has 0 radical (unpaired) electrons. The van der Waals surface area contributed by atoms with Crippen molar-refractivity contribution in [1.29, 1.82) is 0 Å². The van der Waals surface area contributed by atoms with Crippen LogP contribution in [0.4, 0.5) is 26.0 Å². The van der Waals surface area contributed by atoms with Gasteiger partial charge in [-0.25, -0.2) is 13.8 Å². The van der Waals surface area contributed by atoms with Crippen LogP contribution in [-0.2, 0) is 0 Å². The quantitative estimate of drug-likeness (QED) is 0.728. The van der Waals surface area contributed by atoms with Gasteiger partial charge in [-0.3, -0.25) is 4.79 Å². The van der Waals surface area contributed by atoms with Gasteiger partial charge < -0.3 is 15.1 Å². The lowest BCUT2D eigenvalue weighted by Crippen LogP contribution is -2.46. The molecule has 1 aliphatic heterocycles. The van der Waals surface area contributed by atoms with Crippen LogP contribution < -0.4 is 15.1 Å². The molecule has 0 bridgehead atoms. The van der Waals surface area contributed by atoms with E-state index in [1.807, 2.05) is 30.3 Å². The lowest BCUT2D eigenvalue weighted by Gasteiger charge is -2.36. The fourth-order valence-corrected chi connectivity index (χ4v) is 3.33. The average molecular weight is 394 g/mol. The van der Waals surface area contributed by atoms with Crippen molar-refractivity contribution in [3.8, 4) is 0 Å². The smallest absolute Gasteiger partial charge is 0.255 e. The maximum absolute atomic E-state index is 13.3. The number of carbonyl (C=O) groups excluding carboxylic acids is 1. The molecule has 1 aliphatic rings. The van der Waals surface area contributed by atoms with Crippen LogP contribution in [0.2, 0.25) is 0 Å². The van der Waals surface area contributed by atoms with Gasteiger partial charge in [0, 0.05) is 49.3 Å². The van der Waals surface area contributed by atoms with Crippen molar-refractivity contribution < 1.29 is 13.6 Å². The van der Waals surface area contributed by atoms with Gasteiger partial charge >= 0.3 is 0 Å². The van der Waals surface area contributed by atoms with E-state index in [0.717, 1.165) is 49.8 Å². The summed E-state index contributed by atoms with van der Waals surface area (Å²) < 4.78 is 26.3. The highest BCUT2D eigenvalue weighted by Gasteiger charge is 2.18. The number of carbonyl (C=O) groups is 1. The fourth-order valence-electron chi connectivity index (χ4n) is 3.33. The largest absolute Gasteiger partial charge is 0.368 e. The van der Waals surface area contributed by atoms with Crippen molar-refractivity contribution in [3.63, 3.8) is 0 Å². The maximum Gasteiger partial charge on any atom is 0.255 e. The number of pyridine rings is 1. The number of nitrogens with one attached hydrogen (secondary N) is 1. The lowest BCUT2D eigenvalue weighted by molar-refractivity contribution is 0.102.